The monoisotopic (exact) mass is 641 g/mol. The first-order valence-corrected chi connectivity index (χ1v) is 15.2. The minimum Gasteiger partial charge on any atom is -0.462 e. The highest BCUT2D eigenvalue weighted by Gasteiger charge is 2.71. The number of hydrogen-bond donors (Lipinski definition) is 2. The third-order valence-corrected chi connectivity index (χ3v) is 9.54. The van der Waals surface area contributed by atoms with E-state index in [2.05, 4.69) is 5.32 Å². The number of hydrogen-bond acceptors (Lipinski definition) is 7. The van der Waals surface area contributed by atoms with Crippen LogP contribution < -0.4 is 5.32 Å². The Kier molecular flexibility index (Phi) is 8.13. The molecule has 2 heterocycles. The Labute approximate surface area is 263 Å². The normalized spacial score (nSPS) is 25.1. The van der Waals surface area contributed by atoms with Crippen molar-refractivity contribution in [2.24, 2.45) is 5.92 Å². The lowest BCUT2D eigenvalue weighted by Crippen LogP contribution is -2.53. The number of ether oxygens (including phenoxy) is 1. The highest BCUT2D eigenvalue weighted by molar-refractivity contribution is 6.31. The van der Waals surface area contributed by atoms with Crippen LogP contribution in [0, 0.1) is 21.8 Å². The summed E-state index contributed by atoms with van der Waals surface area (Å²) in [6.45, 7) is 2.24. The molecule has 0 radical (unpaired) electrons. The lowest BCUT2D eigenvalue weighted by Gasteiger charge is -2.39. The molecule has 1 saturated heterocycles. The number of carbonyl (C=O) groups excluding carboxylic acids is 2. The second kappa shape index (κ2) is 11.7. The van der Waals surface area contributed by atoms with Crippen molar-refractivity contribution >= 4 is 40.8 Å². The first-order chi connectivity index (χ1) is 21.1. The summed E-state index contributed by atoms with van der Waals surface area (Å²) in [5.74, 6) is -2.98. The molecule has 0 aromatic heterocycles. The van der Waals surface area contributed by atoms with E-state index in [-0.39, 0.29) is 29.5 Å². The van der Waals surface area contributed by atoms with E-state index in [1.54, 1.807) is 37.3 Å². The second-order valence-electron chi connectivity index (χ2n) is 11.6. The fourth-order valence-corrected chi connectivity index (χ4v) is 7.31. The largest absolute Gasteiger partial charge is 0.462 e. The fraction of sp³-hybridized carbons (Fsp3) is 0.375. The van der Waals surface area contributed by atoms with Gasteiger partial charge in [-0.1, -0.05) is 53.5 Å². The molecule has 2 fully saturated rings. The van der Waals surface area contributed by atoms with Crippen LogP contribution in [0.5, 0.6) is 0 Å². The van der Waals surface area contributed by atoms with Crippen LogP contribution in [-0.2, 0) is 15.1 Å². The molecule has 3 aromatic carbocycles. The van der Waals surface area contributed by atoms with Gasteiger partial charge in [0.1, 0.15) is 11.4 Å². The molecule has 0 unspecified atom stereocenters. The molecule has 6 rings (SSSR count). The smallest absolute Gasteiger partial charge is 0.338 e. The van der Waals surface area contributed by atoms with Gasteiger partial charge in [-0.3, -0.25) is 19.8 Å². The van der Waals surface area contributed by atoms with Gasteiger partial charge in [0.25, 0.3) is 5.91 Å². The topological polar surface area (TPSA) is 122 Å². The molecule has 2 aliphatic heterocycles. The lowest BCUT2D eigenvalue weighted by atomic mass is 9.73. The number of nitrogens with zero attached hydrogens (tertiary/aromatic N) is 2. The van der Waals surface area contributed by atoms with Gasteiger partial charge in [0.2, 0.25) is 6.04 Å². The van der Waals surface area contributed by atoms with Crippen molar-refractivity contribution in [3.63, 3.8) is 0 Å². The number of carbonyl (C=O) groups is 2. The molecule has 12 heteroatoms. The van der Waals surface area contributed by atoms with E-state index in [9.17, 15) is 24.8 Å². The molecule has 1 saturated carbocycles. The zero-order valence-electron chi connectivity index (χ0n) is 23.7. The zero-order chi connectivity index (χ0) is 31.3. The molecule has 3 aromatic rings. The predicted octanol–water partition coefficient (Wildman–Crippen LogP) is 6.10. The van der Waals surface area contributed by atoms with Gasteiger partial charge in [-0.05, 0) is 68.0 Å². The summed E-state index contributed by atoms with van der Waals surface area (Å²) in [4.78, 5) is 40.9. The highest BCUT2D eigenvalue weighted by Crippen LogP contribution is 2.60. The van der Waals surface area contributed by atoms with E-state index < -0.39 is 52.3 Å². The summed E-state index contributed by atoms with van der Waals surface area (Å²) in [5.41, 5.74) is -0.136. The third kappa shape index (κ3) is 5.03. The number of benzene rings is 3. The van der Waals surface area contributed by atoms with Crippen molar-refractivity contribution in [2.45, 2.75) is 55.8 Å². The maximum absolute atomic E-state index is 15.9. The van der Waals surface area contributed by atoms with Crippen LogP contribution in [-0.4, -0.2) is 52.0 Å². The number of aliphatic hydroxyl groups excluding tert-OH is 1. The van der Waals surface area contributed by atoms with Crippen LogP contribution in [0.3, 0.4) is 0 Å². The van der Waals surface area contributed by atoms with E-state index in [0.29, 0.717) is 33.9 Å². The van der Waals surface area contributed by atoms with Crippen LogP contribution >= 0.6 is 23.2 Å². The van der Waals surface area contributed by atoms with Crippen LogP contribution in [0.1, 0.15) is 65.3 Å². The predicted molar refractivity (Wildman–Crippen MR) is 162 cm³/mol. The zero-order valence-corrected chi connectivity index (χ0v) is 25.2. The van der Waals surface area contributed by atoms with Gasteiger partial charge in [0.15, 0.2) is 0 Å². The van der Waals surface area contributed by atoms with E-state index in [0.717, 1.165) is 12.8 Å². The summed E-state index contributed by atoms with van der Waals surface area (Å²) in [6, 6.07) is 12.9. The second-order valence-corrected chi connectivity index (χ2v) is 12.4. The number of anilines is 1. The quantitative estimate of drug-likeness (QED) is 0.164. The Balaban J connectivity index is 1.51. The van der Waals surface area contributed by atoms with Crippen molar-refractivity contribution in [3.8, 4) is 0 Å². The summed E-state index contributed by atoms with van der Waals surface area (Å²) in [7, 11) is 0. The van der Waals surface area contributed by atoms with E-state index >= 15 is 4.39 Å². The first-order valence-electron chi connectivity index (χ1n) is 14.5. The van der Waals surface area contributed by atoms with Gasteiger partial charge in [-0.15, -0.1) is 0 Å². The van der Waals surface area contributed by atoms with Crippen molar-refractivity contribution in [1.82, 2.24) is 4.90 Å². The minimum atomic E-state index is -1.68. The summed E-state index contributed by atoms with van der Waals surface area (Å²) >= 11 is 12.5. The number of likely N-dealkylation sites (tertiary alicyclic amines) is 1. The molecule has 230 valence electrons. The van der Waals surface area contributed by atoms with Crippen LogP contribution in [0.2, 0.25) is 10.0 Å². The fourth-order valence-electron chi connectivity index (χ4n) is 6.96. The Hall–Kier alpha value is -3.57. The summed E-state index contributed by atoms with van der Waals surface area (Å²) in [6.07, 6.45) is 0.430. The minimum absolute atomic E-state index is 0.0475. The number of esters is 1. The molecule has 5 atom stereocenters. The molecular weight excluding hydrogens is 612 g/mol. The molecule has 9 nitrogen and oxygen atoms in total. The molecule has 1 spiro atoms. The van der Waals surface area contributed by atoms with Gasteiger partial charge in [0.05, 0.1) is 35.3 Å². The number of halogens is 3. The Morgan fingerprint density at radius 3 is 2.59 bits per heavy atom. The Morgan fingerprint density at radius 1 is 1.20 bits per heavy atom. The number of fused-ring (bicyclic) bond motifs is 2. The van der Waals surface area contributed by atoms with Gasteiger partial charge in [-0.25, -0.2) is 9.18 Å². The SMILES string of the molecule is CCOC(=O)c1ccc([C@H](O)C[C@H]2[C@@H]([N+](=O)[O-])[C@H](c3cccc(Cl)c3F)[C@]3(C(=O)Nc4cc(Cl)ccc43)N2CC2CC2)cc1. The van der Waals surface area contributed by atoms with Crippen LogP contribution in [0.4, 0.5) is 10.1 Å². The maximum Gasteiger partial charge on any atom is 0.338 e. The van der Waals surface area contributed by atoms with Crippen LogP contribution in [0.25, 0.3) is 0 Å². The molecule has 3 aliphatic rings. The number of amides is 1. The van der Waals surface area contributed by atoms with E-state index in [1.165, 1.54) is 30.3 Å². The Morgan fingerprint density at radius 2 is 1.93 bits per heavy atom. The number of aliphatic hydroxyl groups is 1. The van der Waals surface area contributed by atoms with Gasteiger partial charge >= 0.3 is 5.97 Å². The lowest BCUT2D eigenvalue weighted by molar-refractivity contribution is -0.528. The van der Waals surface area contributed by atoms with Crippen molar-refractivity contribution in [3.05, 3.63) is 109 Å². The third-order valence-electron chi connectivity index (χ3n) is 9.01. The molecule has 2 N–H and O–H groups in total. The summed E-state index contributed by atoms with van der Waals surface area (Å²) < 4.78 is 20.9. The van der Waals surface area contributed by atoms with Gasteiger partial charge < -0.3 is 15.2 Å². The van der Waals surface area contributed by atoms with E-state index in [4.69, 9.17) is 27.9 Å². The van der Waals surface area contributed by atoms with Crippen molar-refractivity contribution in [1.29, 1.82) is 0 Å². The molecule has 1 aliphatic carbocycles. The van der Waals surface area contributed by atoms with Crippen molar-refractivity contribution < 1.29 is 28.7 Å². The van der Waals surface area contributed by atoms with Gasteiger partial charge in [0, 0.05) is 33.3 Å². The van der Waals surface area contributed by atoms with Crippen molar-refractivity contribution in [2.75, 3.05) is 18.5 Å². The number of nitrogens with one attached hydrogen (secondary N) is 1. The molecular formula is C32H30Cl2FN3O6. The molecule has 44 heavy (non-hydrogen) atoms. The van der Waals surface area contributed by atoms with E-state index in [1.807, 2.05) is 4.90 Å². The average molecular weight is 643 g/mol. The number of nitro groups is 1. The number of rotatable bonds is 9. The summed E-state index contributed by atoms with van der Waals surface area (Å²) in [5, 5.41) is 27.6. The van der Waals surface area contributed by atoms with Gasteiger partial charge in [-0.2, -0.15) is 0 Å². The molecule has 0 bridgehead atoms. The Bertz CT molecular complexity index is 1630. The van der Waals surface area contributed by atoms with Crippen LogP contribution in [0.15, 0.2) is 60.7 Å². The first kappa shape index (κ1) is 30.5. The molecule has 1 amide bonds. The average Bonchev–Trinajstić information content (AvgIpc) is 3.71. The standard InChI is InChI=1S/C32H30Cl2FN3O6/c1-2-44-30(40)19-10-8-18(9-11-19)26(39)15-25-29(38(42)43)27(21-4-3-5-23(34)28(21)35)32(37(25)16-17-6-7-17)22-13-12-20(33)14-24(22)36-31(32)41/h3-5,8-14,17,25-27,29,39H,2,6-7,15-16H2,1H3,(H,36,41)/t25-,26+,27-,29+,32+/m0/s1. The maximum atomic E-state index is 15.9. The highest BCUT2D eigenvalue weighted by atomic mass is 35.5.